The molecule has 0 aliphatic rings. The molecule has 2 N–H and O–H groups in total. The summed E-state index contributed by atoms with van der Waals surface area (Å²) in [5.41, 5.74) is 1.10. The Hall–Kier alpha value is -1.90. The highest BCUT2D eigenvalue weighted by Crippen LogP contribution is 2.25. The van der Waals surface area contributed by atoms with Crippen LogP contribution in [-0.2, 0) is 11.2 Å². The number of rotatable bonds is 9. The number of nitrogens with one attached hydrogen (secondary N) is 2. The Morgan fingerprint density at radius 2 is 2.04 bits per heavy atom. The number of anilines is 1. The molecule has 0 bridgehead atoms. The minimum Gasteiger partial charge on any atom is -0.360 e. The van der Waals surface area contributed by atoms with Crippen LogP contribution >= 0.6 is 34.4 Å². The third kappa shape index (κ3) is 5.82. The van der Waals surface area contributed by atoms with Crippen LogP contribution in [0.1, 0.15) is 23.4 Å². The van der Waals surface area contributed by atoms with E-state index in [0.29, 0.717) is 5.75 Å². The van der Waals surface area contributed by atoms with Gasteiger partial charge in [-0.25, -0.2) is 0 Å². The highest BCUT2D eigenvalue weighted by molar-refractivity contribution is 8.01. The van der Waals surface area contributed by atoms with Crippen molar-refractivity contribution in [3.63, 3.8) is 0 Å². The number of carbonyl (C=O) groups is 1. The average molecular weight is 405 g/mol. The molecule has 0 saturated carbocycles. The molecule has 1 aromatic carbocycles. The fraction of sp³-hybridized carbons (Fsp3) is 0.278. The van der Waals surface area contributed by atoms with E-state index in [0.717, 1.165) is 28.0 Å². The molecule has 5 nitrogen and oxygen atoms in total. The first-order chi connectivity index (χ1) is 12.7. The van der Waals surface area contributed by atoms with Crippen molar-refractivity contribution in [1.29, 1.82) is 0 Å². The Bertz CT molecular complexity index is 805. The van der Waals surface area contributed by atoms with Crippen LogP contribution in [-0.4, -0.2) is 28.4 Å². The van der Waals surface area contributed by atoms with Crippen molar-refractivity contribution in [3.8, 4) is 0 Å². The highest BCUT2D eigenvalue weighted by Gasteiger charge is 2.11. The van der Waals surface area contributed by atoms with Gasteiger partial charge in [-0.05, 0) is 30.4 Å². The van der Waals surface area contributed by atoms with Crippen LogP contribution in [0.25, 0.3) is 0 Å². The van der Waals surface area contributed by atoms with Gasteiger partial charge in [-0.15, -0.1) is 21.5 Å². The van der Waals surface area contributed by atoms with Crippen molar-refractivity contribution in [2.24, 2.45) is 0 Å². The first-order valence-corrected chi connectivity index (χ1v) is 11.0. The molecule has 3 rings (SSSR count). The Morgan fingerprint density at radius 1 is 1.19 bits per heavy atom. The lowest BCUT2D eigenvalue weighted by atomic mass is 10.1. The molecule has 0 aliphatic heterocycles. The molecule has 3 aromatic rings. The predicted molar refractivity (Wildman–Crippen MR) is 110 cm³/mol. The molecular weight excluding hydrogens is 384 g/mol. The molecule has 26 heavy (non-hydrogen) atoms. The van der Waals surface area contributed by atoms with E-state index in [-0.39, 0.29) is 11.9 Å². The van der Waals surface area contributed by atoms with Gasteiger partial charge in [0.1, 0.15) is 0 Å². The number of hydrogen-bond acceptors (Lipinski definition) is 7. The molecule has 2 aromatic heterocycles. The standard InChI is InChI=1S/C18H20N4OS3/c1-13(14-6-3-2-4-7-14)20-16(23)12-25-18-22-21-17(26-18)19-10-9-15-8-5-11-24-15/h2-8,11,13H,9-10,12H2,1H3,(H,19,21)(H,20,23). The summed E-state index contributed by atoms with van der Waals surface area (Å²) in [5, 5.41) is 17.4. The van der Waals surface area contributed by atoms with Crippen molar-refractivity contribution in [2.75, 3.05) is 17.6 Å². The zero-order valence-electron chi connectivity index (χ0n) is 14.3. The van der Waals surface area contributed by atoms with Gasteiger partial charge >= 0.3 is 0 Å². The monoisotopic (exact) mass is 404 g/mol. The Morgan fingerprint density at radius 3 is 2.81 bits per heavy atom. The van der Waals surface area contributed by atoms with E-state index >= 15 is 0 Å². The maximum Gasteiger partial charge on any atom is 0.230 e. The molecular formula is C18H20N4OS3. The van der Waals surface area contributed by atoms with Crippen LogP contribution in [0.5, 0.6) is 0 Å². The largest absolute Gasteiger partial charge is 0.360 e. The van der Waals surface area contributed by atoms with Crippen molar-refractivity contribution in [3.05, 3.63) is 58.3 Å². The zero-order chi connectivity index (χ0) is 18.2. The van der Waals surface area contributed by atoms with Gasteiger partial charge in [-0.1, -0.05) is 59.5 Å². The molecule has 136 valence electrons. The molecule has 1 amide bonds. The number of hydrogen-bond donors (Lipinski definition) is 2. The van der Waals surface area contributed by atoms with Gasteiger partial charge in [0.15, 0.2) is 4.34 Å². The van der Waals surface area contributed by atoms with Crippen LogP contribution in [0, 0.1) is 0 Å². The van der Waals surface area contributed by atoms with Gasteiger partial charge in [-0.2, -0.15) is 0 Å². The van der Waals surface area contributed by atoms with Gasteiger partial charge in [0.05, 0.1) is 11.8 Å². The Kier molecular flexibility index (Phi) is 7.04. The molecule has 0 aliphatic carbocycles. The van der Waals surface area contributed by atoms with E-state index in [1.807, 2.05) is 37.3 Å². The lowest BCUT2D eigenvalue weighted by molar-refractivity contribution is -0.119. The predicted octanol–water partition coefficient (Wildman–Crippen LogP) is 4.22. The molecule has 2 heterocycles. The van der Waals surface area contributed by atoms with Crippen LogP contribution in [0.3, 0.4) is 0 Å². The van der Waals surface area contributed by atoms with Gasteiger partial charge in [-0.3, -0.25) is 4.79 Å². The smallest absolute Gasteiger partial charge is 0.230 e. The van der Waals surface area contributed by atoms with Crippen LogP contribution in [0.2, 0.25) is 0 Å². The first-order valence-electron chi connectivity index (χ1n) is 8.27. The van der Waals surface area contributed by atoms with E-state index < -0.39 is 0 Å². The van der Waals surface area contributed by atoms with E-state index in [2.05, 4.69) is 38.3 Å². The van der Waals surface area contributed by atoms with E-state index in [4.69, 9.17) is 0 Å². The first kappa shape index (κ1) is 18.9. The molecule has 1 atom stereocenters. The highest BCUT2D eigenvalue weighted by atomic mass is 32.2. The maximum absolute atomic E-state index is 12.1. The second-order valence-electron chi connectivity index (χ2n) is 5.62. The number of benzene rings is 1. The van der Waals surface area contributed by atoms with Crippen molar-refractivity contribution in [2.45, 2.75) is 23.7 Å². The van der Waals surface area contributed by atoms with Gasteiger partial charge in [0.2, 0.25) is 11.0 Å². The number of amides is 1. The summed E-state index contributed by atoms with van der Waals surface area (Å²) < 4.78 is 0.797. The van der Waals surface area contributed by atoms with Crippen LogP contribution in [0.4, 0.5) is 5.13 Å². The summed E-state index contributed by atoms with van der Waals surface area (Å²) in [5.74, 6) is 0.329. The summed E-state index contributed by atoms with van der Waals surface area (Å²) in [6.45, 7) is 2.81. The van der Waals surface area contributed by atoms with Crippen molar-refractivity contribution >= 4 is 45.5 Å². The van der Waals surface area contributed by atoms with Crippen molar-refractivity contribution < 1.29 is 4.79 Å². The number of thiophene rings is 1. The number of carbonyl (C=O) groups excluding carboxylic acids is 1. The fourth-order valence-corrected chi connectivity index (χ4v) is 4.62. The fourth-order valence-electron chi connectivity index (χ4n) is 2.32. The molecule has 0 fully saturated rings. The second kappa shape index (κ2) is 9.70. The molecule has 1 unspecified atom stereocenters. The molecule has 8 heteroatoms. The Labute approximate surface area is 165 Å². The number of nitrogens with zero attached hydrogens (tertiary/aromatic N) is 2. The van der Waals surface area contributed by atoms with Crippen LogP contribution < -0.4 is 10.6 Å². The molecule has 0 radical (unpaired) electrons. The lowest BCUT2D eigenvalue weighted by Crippen LogP contribution is -2.28. The second-order valence-corrected chi connectivity index (χ2v) is 8.85. The molecule has 0 saturated heterocycles. The van der Waals surface area contributed by atoms with Gasteiger partial charge < -0.3 is 10.6 Å². The van der Waals surface area contributed by atoms with Crippen LogP contribution in [0.15, 0.2) is 52.2 Å². The summed E-state index contributed by atoms with van der Waals surface area (Å²) in [6, 6.07) is 14.1. The topological polar surface area (TPSA) is 66.9 Å². The quantitative estimate of drug-likeness (QED) is 0.523. The molecule has 0 spiro atoms. The lowest BCUT2D eigenvalue weighted by Gasteiger charge is -2.13. The van der Waals surface area contributed by atoms with Crippen molar-refractivity contribution in [1.82, 2.24) is 15.5 Å². The minimum absolute atomic E-state index is 0.00578. The summed E-state index contributed by atoms with van der Waals surface area (Å²) in [7, 11) is 0. The average Bonchev–Trinajstić information content (AvgIpc) is 3.33. The SMILES string of the molecule is CC(NC(=O)CSc1nnc(NCCc2cccs2)s1)c1ccccc1. The summed E-state index contributed by atoms with van der Waals surface area (Å²) in [4.78, 5) is 13.5. The van der Waals surface area contributed by atoms with Gasteiger partial charge in [0.25, 0.3) is 0 Å². The minimum atomic E-state index is -0.00630. The van der Waals surface area contributed by atoms with E-state index in [9.17, 15) is 4.79 Å². The number of aromatic nitrogens is 2. The zero-order valence-corrected chi connectivity index (χ0v) is 16.8. The normalized spacial score (nSPS) is 11.9. The third-order valence-electron chi connectivity index (χ3n) is 3.64. The third-order valence-corrected chi connectivity index (χ3v) is 6.59. The maximum atomic E-state index is 12.1. The Balaban J connectivity index is 1.39. The van der Waals surface area contributed by atoms with E-state index in [1.165, 1.54) is 28.0 Å². The summed E-state index contributed by atoms with van der Waals surface area (Å²) in [6.07, 6.45) is 0.972. The van der Waals surface area contributed by atoms with E-state index in [1.54, 1.807) is 11.3 Å². The number of thioether (sulfide) groups is 1. The summed E-state index contributed by atoms with van der Waals surface area (Å²) >= 11 is 4.65. The van der Waals surface area contributed by atoms with Gasteiger partial charge in [0, 0.05) is 11.4 Å².